The van der Waals surface area contributed by atoms with E-state index in [2.05, 4.69) is 10.3 Å². The van der Waals surface area contributed by atoms with Crippen LogP contribution in [0.25, 0.3) is 11.1 Å². The number of esters is 1. The molecule has 0 aliphatic carbocycles. The summed E-state index contributed by atoms with van der Waals surface area (Å²) in [6, 6.07) is 6.10. The fourth-order valence-electron chi connectivity index (χ4n) is 3.14. The molecular weight excluding hydrogens is 424 g/mol. The molecule has 1 aromatic carbocycles. The predicted octanol–water partition coefficient (Wildman–Crippen LogP) is 4.11. The van der Waals surface area contributed by atoms with Crippen LogP contribution >= 0.6 is 0 Å². The number of para-hydroxylation sites is 2. The molecule has 1 aromatic heterocycles. The lowest BCUT2D eigenvalue weighted by Gasteiger charge is -2.22. The van der Waals surface area contributed by atoms with Gasteiger partial charge in [-0.05, 0) is 45.7 Å². The van der Waals surface area contributed by atoms with Gasteiger partial charge in [0.15, 0.2) is 11.4 Å². The van der Waals surface area contributed by atoms with Crippen LogP contribution in [0, 0.1) is 17.8 Å². The first kappa shape index (κ1) is 26.2. The minimum Gasteiger partial charge on any atom is -0.460 e. The Balaban J connectivity index is 2.20. The molecule has 1 N–H and O–H groups in total. The molecule has 0 fully saturated rings. The first-order valence-corrected chi connectivity index (χ1v) is 11.2. The highest BCUT2D eigenvalue weighted by Gasteiger charge is 2.33. The molecule has 180 valence electrons. The van der Waals surface area contributed by atoms with Crippen molar-refractivity contribution < 1.29 is 28.3 Å². The van der Waals surface area contributed by atoms with Gasteiger partial charge >= 0.3 is 5.97 Å². The Morgan fingerprint density at radius 2 is 1.67 bits per heavy atom. The van der Waals surface area contributed by atoms with Crippen molar-refractivity contribution in [1.82, 2.24) is 10.3 Å². The molecule has 2 aromatic rings. The number of Topliss-reactive ketones (excluding diaryl/α,β-unsaturated/α-hetero) is 2. The maximum absolute atomic E-state index is 13.2. The second-order valence-corrected chi connectivity index (χ2v) is 9.77. The van der Waals surface area contributed by atoms with Crippen LogP contribution in [0.15, 0.2) is 28.7 Å². The first-order chi connectivity index (χ1) is 15.3. The third-order valence-corrected chi connectivity index (χ3v) is 5.41. The molecule has 8 heteroatoms. The Kier molecular flexibility index (Phi) is 8.52. The standard InChI is InChI=1S/C25H34N2O6/c1-14(2)15(3)23(31)26-16(4)19(28)12-17(13-21(29)33-25(5,6)7)22(30)24-27-18-10-8-9-11-20(18)32-24/h8-11,14-17H,12-13H2,1-7H3,(H,26,31)/t15-,16-,17-/m0/s1. The maximum atomic E-state index is 13.2. The van der Waals surface area contributed by atoms with Gasteiger partial charge in [-0.25, -0.2) is 4.98 Å². The van der Waals surface area contributed by atoms with Crippen LogP contribution in [0.1, 0.15) is 72.0 Å². The Hall–Kier alpha value is -3.03. The van der Waals surface area contributed by atoms with Gasteiger partial charge in [0.1, 0.15) is 11.1 Å². The van der Waals surface area contributed by atoms with Crippen molar-refractivity contribution in [1.29, 1.82) is 0 Å². The molecule has 33 heavy (non-hydrogen) atoms. The van der Waals surface area contributed by atoms with Crippen molar-refractivity contribution in [3.8, 4) is 0 Å². The van der Waals surface area contributed by atoms with Crippen LogP contribution in [-0.2, 0) is 19.1 Å². The number of aromatic nitrogens is 1. The van der Waals surface area contributed by atoms with Crippen molar-refractivity contribution >= 4 is 34.5 Å². The number of rotatable bonds is 10. The Labute approximate surface area is 194 Å². The second kappa shape index (κ2) is 10.7. The summed E-state index contributed by atoms with van der Waals surface area (Å²) in [6.45, 7) is 12.4. The van der Waals surface area contributed by atoms with E-state index in [-0.39, 0.29) is 42.3 Å². The van der Waals surface area contributed by atoms with Crippen LogP contribution in [0.3, 0.4) is 0 Å². The topological polar surface area (TPSA) is 116 Å². The van der Waals surface area contributed by atoms with Crippen molar-refractivity contribution in [2.45, 2.75) is 73.0 Å². The number of hydrogen-bond donors (Lipinski definition) is 1. The Morgan fingerprint density at radius 3 is 2.24 bits per heavy atom. The average Bonchev–Trinajstić information content (AvgIpc) is 3.14. The van der Waals surface area contributed by atoms with E-state index < -0.39 is 29.3 Å². The lowest BCUT2D eigenvalue weighted by molar-refractivity contribution is -0.155. The number of carbonyl (C=O) groups excluding carboxylic acids is 4. The highest BCUT2D eigenvalue weighted by atomic mass is 16.6. The van der Waals surface area contributed by atoms with E-state index >= 15 is 0 Å². The van der Waals surface area contributed by atoms with Gasteiger partial charge in [-0.1, -0.05) is 32.9 Å². The Bertz CT molecular complexity index is 984. The van der Waals surface area contributed by atoms with Crippen molar-refractivity contribution in [2.24, 2.45) is 17.8 Å². The van der Waals surface area contributed by atoms with Crippen molar-refractivity contribution in [3.05, 3.63) is 30.2 Å². The summed E-state index contributed by atoms with van der Waals surface area (Å²) < 4.78 is 10.9. The van der Waals surface area contributed by atoms with Gasteiger partial charge < -0.3 is 14.5 Å². The predicted molar refractivity (Wildman–Crippen MR) is 124 cm³/mol. The van der Waals surface area contributed by atoms with E-state index in [9.17, 15) is 19.2 Å². The van der Waals surface area contributed by atoms with Crippen LogP contribution in [-0.4, -0.2) is 40.1 Å². The highest BCUT2D eigenvalue weighted by Crippen LogP contribution is 2.23. The summed E-state index contributed by atoms with van der Waals surface area (Å²) >= 11 is 0. The molecule has 2 rings (SSSR count). The molecule has 0 aliphatic heterocycles. The Morgan fingerprint density at radius 1 is 1.03 bits per heavy atom. The molecule has 0 saturated heterocycles. The van der Waals surface area contributed by atoms with Crippen LogP contribution in [0.2, 0.25) is 0 Å². The zero-order valence-corrected chi connectivity index (χ0v) is 20.4. The van der Waals surface area contributed by atoms with Gasteiger partial charge in [0.25, 0.3) is 5.89 Å². The normalized spacial score (nSPS) is 14.5. The van der Waals surface area contributed by atoms with E-state index in [1.165, 1.54) is 0 Å². The number of amides is 1. The quantitative estimate of drug-likeness (QED) is 0.421. The van der Waals surface area contributed by atoms with E-state index in [1.807, 2.05) is 13.8 Å². The molecule has 0 bridgehead atoms. The van der Waals surface area contributed by atoms with Crippen molar-refractivity contribution in [2.75, 3.05) is 0 Å². The van der Waals surface area contributed by atoms with Crippen LogP contribution in [0.5, 0.6) is 0 Å². The van der Waals surface area contributed by atoms with Crippen molar-refractivity contribution in [3.63, 3.8) is 0 Å². The number of oxazole rings is 1. The number of benzene rings is 1. The van der Waals surface area contributed by atoms with E-state index in [1.54, 1.807) is 58.9 Å². The number of hydrogen-bond acceptors (Lipinski definition) is 7. The van der Waals surface area contributed by atoms with Gasteiger partial charge in [0.2, 0.25) is 11.7 Å². The molecule has 8 nitrogen and oxygen atoms in total. The monoisotopic (exact) mass is 458 g/mol. The number of ketones is 2. The summed E-state index contributed by atoms with van der Waals surface area (Å²) in [6.07, 6.45) is -0.558. The fourth-order valence-corrected chi connectivity index (χ4v) is 3.14. The first-order valence-electron chi connectivity index (χ1n) is 11.2. The number of nitrogens with zero attached hydrogens (tertiary/aromatic N) is 1. The molecule has 0 spiro atoms. The van der Waals surface area contributed by atoms with Gasteiger partial charge in [-0.2, -0.15) is 0 Å². The third-order valence-electron chi connectivity index (χ3n) is 5.41. The lowest BCUT2D eigenvalue weighted by atomic mass is 9.91. The zero-order valence-electron chi connectivity index (χ0n) is 20.4. The van der Waals surface area contributed by atoms with Gasteiger partial charge in [0.05, 0.1) is 12.5 Å². The average molecular weight is 459 g/mol. The second-order valence-electron chi connectivity index (χ2n) is 9.77. The maximum Gasteiger partial charge on any atom is 0.307 e. The highest BCUT2D eigenvalue weighted by molar-refractivity contribution is 6.01. The lowest BCUT2D eigenvalue weighted by Crippen LogP contribution is -2.43. The van der Waals surface area contributed by atoms with E-state index in [0.717, 1.165) is 0 Å². The molecule has 1 heterocycles. The zero-order chi connectivity index (χ0) is 24.9. The summed E-state index contributed by atoms with van der Waals surface area (Å²) in [4.78, 5) is 55.1. The van der Waals surface area contributed by atoms with Crippen LogP contribution < -0.4 is 5.32 Å². The number of fused-ring (bicyclic) bond motifs is 1. The van der Waals surface area contributed by atoms with E-state index in [4.69, 9.17) is 9.15 Å². The van der Waals surface area contributed by atoms with Gasteiger partial charge in [0, 0.05) is 18.3 Å². The molecule has 0 radical (unpaired) electrons. The molecule has 1 amide bonds. The largest absolute Gasteiger partial charge is 0.460 e. The summed E-state index contributed by atoms with van der Waals surface area (Å²) in [5, 5.41) is 2.70. The van der Waals surface area contributed by atoms with E-state index in [0.29, 0.717) is 11.1 Å². The summed E-state index contributed by atoms with van der Waals surface area (Å²) in [5.74, 6) is -3.09. The molecule has 3 atom stereocenters. The smallest absolute Gasteiger partial charge is 0.307 e. The van der Waals surface area contributed by atoms with Gasteiger partial charge in [-0.15, -0.1) is 0 Å². The fraction of sp³-hybridized carbons (Fsp3) is 0.560. The summed E-state index contributed by atoms with van der Waals surface area (Å²) in [7, 11) is 0. The molecule has 0 unspecified atom stereocenters. The molecule has 0 saturated carbocycles. The third kappa shape index (κ3) is 7.51. The minimum absolute atomic E-state index is 0.118. The minimum atomic E-state index is -1.03. The summed E-state index contributed by atoms with van der Waals surface area (Å²) in [5.41, 5.74) is 0.207. The SMILES string of the molecule is CC(C)[C@H](C)C(=O)N[C@@H](C)C(=O)C[C@@H](CC(=O)OC(C)(C)C)C(=O)c1nc2ccccc2o1. The number of carbonyl (C=O) groups is 4. The molecular formula is C25H34N2O6. The van der Waals surface area contributed by atoms with Crippen LogP contribution in [0.4, 0.5) is 0 Å². The number of nitrogens with one attached hydrogen (secondary N) is 1. The number of ether oxygens (including phenoxy) is 1. The van der Waals surface area contributed by atoms with Gasteiger partial charge in [-0.3, -0.25) is 19.2 Å². The molecule has 0 aliphatic rings.